The van der Waals surface area contributed by atoms with Crippen molar-refractivity contribution in [1.29, 1.82) is 0 Å². The number of aryl methyl sites for hydroxylation is 3. The van der Waals surface area contributed by atoms with Gasteiger partial charge in [-0.3, -0.25) is 14.4 Å². The molecule has 3 N–H and O–H groups in total. The van der Waals surface area contributed by atoms with E-state index in [9.17, 15) is 14.4 Å². The van der Waals surface area contributed by atoms with Crippen LogP contribution in [-0.2, 0) is 16.0 Å². The molecule has 0 aliphatic heterocycles. The van der Waals surface area contributed by atoms with Gasteiger partial charge < -0.3 is 15.7 Å². The molecule has 0 bridgehead atoms. The van der Waals surface area contributed by atoms with E-state index in [4.69, 9.17) is 5.11 Å². The van der Waals surface area contributed by atoms with Gasteiger partial charge in [-0.15, -0.1) is 0 Å². The Hall–Kier alpha value is -3.15. The number of hydrogen-bond acceptors (Lipinski definition) is 3. The molecule has 0 aliphatic rings. The second kappa shape index (κ2) is 8.29. The van der Waals surface area contributed by atoms with Crippen molar-refractivity contribution in [2.24, 2.45) is 0 Å². The highest BCUT2D eigenvalue weighted by Crippen LogP contribution is 2.18. The lowest BCUT2D eigenvalue weighted by Crippen LogP contribution is -2.29. The molecule has 0 saturated heterocycles. The molecule has 0 heterocycles. The van der Waals surface area contributed by atoms with Crippen LogP contribution < -0.4 is 10.6 Å². The first-order valence-corrected chi connectivity index (χ1v) is 8.23. The topological polar surface area (TPSA) is 95.5 Å². The van der Waals surface area contributed by atoms with Crippen molar-refractivity contribution >= 4 is 23.5 Å². The van der Waals surface area contributed by atoms with E-state index in [0.717, 1.165) is 16.7 Å². The fraction of sp³-hybridized carbons (Fsp3) is 0.250. The fourth-order valence-electron chi connectivity index (χ4n) is 2.82. The molecule has 2 aromatic carbocycles. The molecule has 0 unspecified atom stereocenters. The van der Waals surface area contributed by atoms with Gasteiger partial charge in [0.2, 0.25) is 5.91 Å². The largest absolute Gasteiger partial charge is 0.480 e. The van der Waals surface area contributed by atoms with Gasteiger partial charge in [-0.05, 0) is 61.7 Å². The second-order valence-electron chi connectivity index (χ2n) is 6.26. The number of carbonyl (C=O) groups is 3. The maximum Gasteiger partial charge on any atom is 0.322 e. The molecule has 2 rings (SSSR count). The molecule has 6 nitrogen and oxygen atoms in total. The van der Waals surface area contributed by atoms with E-state index in [1.165, 1.54) is 17.7 Å². The Morgan fingerprint density at radius 1 is 0.962 bits per heavy atom. The number of carbonyl (C=O) groups excluding carboxylic acids is 2. The lowest BCUT2D eigenvalue weighted by Gasteiger charge is -2.12. The molecule has 0 fully saturated rings. The molecule has 0 radical (unpaired) electrons. The Bertz CT molecular complexity index is 818. The lowest BCUT2D eigenvalue weighted by atomic mass is 9.97. The summed E-state index contributed by atoms with van der Waals surface area (Å²) < 4.78 is 0. The monoisotopic (exact) mass is 354 g/mol. The van der Waals surface area contributed by atoms with Crippen LogP contribution in [0.5, 0.6) is 0 Å². The average Bonchev–Trinajstić information content (AvgIpc) is 2.56. The summed E-state index contributed by atoms with van der Waals surface area (Å²) in [5, 5.41) is 13.7. The maximum atomic E-state index is 12.3. The number of carboxylic acid groups (broad SMARTS) is 1. The van der Waals surface area contributed by atoms with E-state index in [2.05, 4.69) is 22.8 Å². The second-order valence-corrected chi connectivity index (χ2v) is 6.26. The third-order valence-corrected chi connectivity index (χ3v) is 4.01. The first-order chi connectivity index (χ1) is 12.3. The van der Waals surface area contributed by atoms with Crippen LogP contribution in [0, 0.1) is 20.8 Å². The zero-order valence-corrected chi connectivity index (χ0v) is 15.1. The number of hydrogen-bond donors (Lipinski definition) is 3. The molecule has 136 valence electrons. The number of anilines is 1. The number of benzene rings is 2. The van der Waals surface area contributed by atoms with E-state index in [0.29, 0.717) is 11.3 Å². The molecule has 0 atom stereocenters. The van der Waals surface area contributed by atoms with Gasteiger partial charge >= 0.3 is 5.97 Å². The Morgan fingerprint density at radius 3 is 2.08 bits per heavy atom. The minimum Gasteiger partial charge on any atom is -0.480 e. The smallest absolute Gasteiger partial charge is 0.322 e. The van der Waals surface area contributed by atoms with Gasteiger partial charge in [0.25, 0.3) is 5.91 Å². The molecule has 0 saturated carbocycles. The molecule has 2 amide bonds. The van der Waals surface area contributed by atoms with Crippen molar-refractivity contribution in [1.82, 2.24) is 5.32 Å². The fourth-order valence-corrected chi connectivity index (χ4v) is 2.82. The van der Waals surface area contributed by atoms with E-state index in [-0.39, 0.29) is 12.3 Å². The zero-order chi connectivity index (χ0) is 19.3. The number of amides is 2. The van der Waals surface area contributed by atoms with E-state index in [1.54, 1.807) is 12.1 Å². The normalized spacial score (nSPS) is 10.3. The molecule has 0 spiro atoms. The van der Waals surface area contributed by atoms with Crippen LogP contribution in [0.4, 0.5) is 5.69 Å². The standard InChI is InChI=1S/C20H22N2O4/c1-12-8-13(2)17(14(3)9-12)10-18(23)22-16-6-4-15(5-7-16)20(26)21-11-19(24)25/h4-9H,10-11H2,1-3H3,(H,21,26)(H,22,23)(H,24,25). The van der Waals surface area contributed by atoms with Crippen LogP contribution in [0.2, 0.25) is 0 Å². The molecular weight excluding hydrogens is 332 g/mol. The van der Waals surface area contributed by atoms with Gasteiger partial charge in [-0.2, -0.15) is 0 Å². The van der Waals surface area contributed by atoms with Crippen molar-refractivity contribution in [3.05, 3.63) is 64.2 Å². The first kappa shape index (κ1) is 19.2. The Balaban J connectivity index is 1.99. The van der Waals surface area contributed by atoms with Crippen molar-refractivity contribution < 1.29 is 19.5 Å². The molecule has 0 aliphatic carbocycles. The molecular formula is C20H22N2O4. The SMILES string of the molecule is Cc1cc(C)c(CC(=O)Nc2ccc(C(=O)NCC(=O)O)cc2)c(C)c1. The van der Waals surface area contributed by atoms with Crippen molar-refractivity contribution in [2.75, 3.05) is 11.9 Å². The number of aliphatic carboxylic acids is 1. The van der Waals surface area contributed by atoms with E-state index < -0.39 is 18.4 Å². The Morgan fingerprint density at radius 2 is 1.54 bits per heavy atom. The maximum absolute atomic E-state index is 12.3. The molecule has 2 aromatic rings. The van der Waals surface area contributed by atoms with E-state index >= 15 is 0 Å². The van der Waals surface area contributed by atoms with Gasteiger partial charge in [0.1, 0.15) is 6.54 Å². The predicted octanol–water partition coefficient (Wildman–Crippen LogP) is 2.61. The summed E-state index contributed by atoms with van der Waals surface area (Å²) in [4.78, 5) is 34.5. The van der Waals surface area contributed by atoms with Gasteiger partial charge in [-0.25, -0.2) is 0 Å². The number of carboxylic acids is 1. The summed E-state index contributed by atoms with van der Waals surface area (Å²) in [6, 6.07) is 10.4. The van der Waals surface area contributed by atoms with Gasteiger partial charge in [0, 0.05) is 11.3 Å². The summed E-state index contributed by atoms with van der Waals surface area (Å²) in [5.41, 5.74) is 5.26. The Labute approximate surface area is 152 Å². The van der Waals surface area contributed by atoms with Gasteiger partial charge in [0.05, 0.1) is 6.42 Å². The van der Waals surface area contributed by atoms with Crippen LogP contribution in [0.25, 0.3) is 0 Å². The first-order valence-electron chi connectivity index (χ1n) is 8.23. The number of nitrogens with one attached hydrogen (secondary N) is 2. The van der Waals surface area contributed by atoms with Crippen LogP contribution in [0.1, 0.15) is 32.6 Å². The highest BCUT2D eigenvalue weighted by atomic mass is 16.4. The van der Waals surface area contributed by atoms with Crippen molar-refractivity contribution in [3.8, 4) is 0 Å². The minimum absolute atomic E-state index is 0.136. The third-order valence-electron chi connectivity index (χ3n) is 4.01. The lowest BCUT2D eigenvalue weighted by molar-refractivity contribution is -0.135. The van der Waals surface area contributed by atoms with Crippen molar-refractivity contribution in [2.45, 2.75) is 27.2 Å². The van der Waals surface area contributed by atoms with E-state index in [1.807, 2.05) is 20.8 Å². The van der Waals surface area contributed by atoms with Gasteiger partial charge in [-0.1, -0.05) is 17.7 Å². The minimum atomic E-state index is -1.11. The van der Waals surface area contributed by atoms with Crippen LogP contribution in [-0.4, -0.2) is 29.4 Å². The summed E-state index contributed by atoms with van der Waals surface area (Å²) in [7, 11) is 0. The van der Waals surface area contributed by atoms with Crippen LogP contribution >= 0.6 is 0 Å². The highest BCUT2D eigenvalue weighted by Gasteiger charge is 2.11. The third kappa shape index (κ3) is 5.17. The predicted molar refractivity (Wildman–Crippen MR) is 99.4 cm³/mol. The average molecular weight is 354 g/mol. The van der Waals surface area contributed by atoms with Crippen molar-refractivity contribution in [3.63, 3.8) is 0 Å². The summed E-state index contributed by atoms with van der Waals surface area (Å²) in [5.74, 6) is -1.72. The summed E-state index contributed by atoms with van der Waals surface area (Å²) in [6.07, 6.45) is 0.277. The van der Waals surface area contributed by atoms with Gasteiger partial charge in [0.15, 0.2) is 0 Å². The number of rotatable bonds is 6. The summed E-state index contributed by atoms with van der Waals surface area (Å²) in [6.45, 7) is 5.57. The summed E-state index contributed by atoms with van der Waals surface area (Å²) >= 11 is 0. The molecule has 6 heteroatoms. The quantitative estimate of drug-likeness (QED) is 0.743. The highest BCUT2D eigenvalue weighted by molar-refractivity contribution is 5.97. The van der Waals surface area contributed by atoms with Crippen LogP contribution in [0.15, 0.2) is 36.4 Å². The van der Waals surface area contributed by atoms with Crippen LogP contribution in [0.3, 0.4) is 0 Å². The molecule has 0 aromatic heterocycles. The zero-order valence-electron chi connectivity index (χ0n) is 15.1. The Kier molecular flexibility index (Phi) is 6.11. The molecule has 26 heavy (non-hydrogen) atoms.